The monoisotopic (exact) mass is 359 g/mol. The standard InChI is InChI=1S/C20H44As/c1-5-9-13-17-21(18-14-10-6-2,19-15-11-7-3)20-16-12-8-4/h5-20H2,1-4H3/q+1. The first kappa shape index (κ1) is 21.6. The molecule has 128 valence electrons. The molecule has 0 spiro atoms. The van der Waals surface area contributed by atoms with Crippen molar-refractivity contribution >= 4 is 13.6 Å². The van der Waals surface area contributed by atoms with Gasteiger partial charge in [-0.25, -0.2) is 0 Å². The Morgan fingerprint density at radius 1 is 0.381 bits per heavy atom. The number of rotatable bonds is 16. The molecule has 21 heavy (non-hydrogen) atoms. The molecule has 0 amide bonds. The fourth-order valence-corrected chi connectivity index (χ4v) is 13.8. The molecule has 0 saturated heterocycles. The number of hydrogen-bond donors (Lipinski definition) is 0. The van der Waals surface area contributed by atoms with Crippen molar-refractivity contribution in [2.24, 2.45) is 0 Å². The third-order valence-electron chi connectivity index (χ3n) is 4.94. The van der Waals surface area contributed by atoms with Gasteiger partial charge < -0.3 is 0 Å². The Bertz CT molecular complexity index is 155. The third kappa shape index (κ3) is 11.7. The van der Waals surface area contributed by atoms with Crippen molar-refractivity contribution in [1.82, 2.24) is 0 Å². The average molecular weight is 359 g/mol. The molecule has 0 aromatic carbocycles. The van der Waals surface area contributed by atoms with E-state index in [1.807, 2.05) is 0 Å². The predicted molar refractivity (Wildman–Crippen MR) is 103 cm³/mol. The second kappa shape index (κ2) is 15.5. The molecule has 0 aromatic rings. The summed E-state index contributed by atoms with van der Waals surface area (Å²) in [6, 6.07) is 0. The Labute approximate surface area is 139 Å². The molecule has 0 radical (unpaired) electrons. The summed E-state index contributed by atoms with van der Waals surface area (Å²) in [5, 5.41) is 6.74. The summed E-state index contributed by atoms with van der Waals surface area (Å²) < 4.78 is 0. The topological polar surface area (TPSA) is 0 Å². The van der Waals surface area contributed by atoms with E-state index < -0.39 is 13.6 Å². The first-order chi connectivity index (χ1) is 10.2. The van der Waals surface area contributed by atoms with Gasteiger partial charge in [-0.3, -0.25) is 0 Å². The van der Waals surface area contributed by atoms with E-state index in [9.17, 15) is 0 Å². The summed E-state index contributed by atoms with van der Waals surface area (Å²) in [6.07, 6.45) is 17.7. The van der Waals surface area contributed by atoms with Crippen LogP contribution in [0, 0.1) is 0 Å². The van der Waals surface area contributed by atoms with Crippen LogP contribution in [-0.2, 0) is 0 Å². The molecule has 0 bridgehead atoms. The normalized spacial score (nSPS) is 12.0. The third-order valence-corrected chi connectivity index (χ3v) is 15.6. The molecule has 0 heterocycles. The molecule has 0 aromatic heterocycles. The van der Waals surface area contributed by atoms with Gasteiger partial charge >= 0.3 is 139 Å². The minimum absolute atomic E-state index is 1.34. The van der Waals surface area contributed by atoms with Crippen LogP contribution in [0.1, 0.15) is 105 Å². The van der Waals surface area contributed by atoms with Gasteiger partial charge in [0.15, 0.2) is 0 Å². The maximum absolute atomic E-state index is 2.36. The van der Waals surface area contributed by atoms with Crippen molar-refractivity contribution in [3.8, 4) is 0 Å². The van der Waals surface area contributed by atoms with Crippen molar-refractivity contribution in [3.05, 3.63) is 0 Å². The van der Waals surface area contributed by atoms with E-state index in [4.69, 9.17) is 0 Å². The Morgan fingerprint density at radius 3 is 0.810 bits per heavy atom. The van der Waals surface area contributed by atoms with Crippen LogP contribution < -0.4 is 0 Å². The van der Waals surface area contributed by atoms with Gasteiger partial charge in [0.05, 0.1) is 0 Å². The Morgan fingerprint density at radius 2 is 0.619 bits per heavy atom. The summed E-state index contributed by atoms with van der Waals surface area (Å²) in [4.78, 5) is 0. The van der Waals surface area contributed by atoms with Crippen LogP contribution >= 0.6 is 0 Å². The van der Waals surface area contributed by atoms with E-state index in [0.717, 1.165) is 0 Å². The summed E-state index contributed by atoms with van der Waals surface area (Å²) in [7, 11) is 0. The van der Waals surface area contributed by atoms with Crippen LogP contribution in [0.5, 0.6) is 0 Å². The quantitative estimate of drug-likeness (QED) is 0.192. The second-order valence-corrected chi connectivity index (χ2v) is 16.4. The van der Waals surface area contributed by atoms with E-state index in [0.29, 0.717) is 0 Å². The molecule has 0 aliphatic heterocycles. The molecule has 0 atom stereocenters. The first-order valence-corrected chi connectivity index (χ1v) is 15.4. The molecule has 0 nitrogen and oxygen atoms in total. The van der Waals surface area contributed by atoms with Gasteiger partial charge in [-0.1, -0.05) is 0 Å². The van der Waals surface area contributed by atoms with Crippen LogP contribution in [0.2, 0.25) is 20.8 Å². The molecular weight excluding hydrogens is 315 g/mol. The molecule has 0 aliphatic rings. The van der Waals surface area contributed by atoms with E-state index >= 15 is 0 Å². The maximum atomic E-state index is 2.36. The molecule has 0 saturated carbocycles. The second-order valence-electron chi connectivity index (χ2n) is 7.06. The zero-order valence-electron chi connectivity index (χ0n) is 15.8. The van der Waals surface area contributed by atoms with Crippen molar-refractivity contribution < 1.29 is 0 Å². The van der Waals surface area contributed by atoms with Crippen molar-refractivity contribution in [2.75, 3.05) is 0 Å². The Balaban J connectivity index is 4.52. The molecule has 0 aliphatic carbocycles. The fraction of sp³-hybridized carbons (Fsp3) is 1.00. The van der Waals surface area contributed by atoms with Gasteiger partial charge in [0.2, 0.25) is 0 Å². The predicted octanol–water partition coefficient (Wildman–Crippen LogP) is 8.20. The van der Waals surface area contributed by atoms with Crippen LogP contribution in [0.4, 0.5) is 0 Å². The van der Waals surface area contributed by atoms with Gasteiger partial charge in [-0.2, -0.15) is 0 Å². The van der Waals surface area contributed by atoms with E-state index in [1.54, 1.807) is 46.5 Å². The summed E-state index contributed by atoms with van der Waals surface area (Å²) >= 11 is -1.34. The molecular formula is C20H44As+. The van der Waals surface area contributed by atoms with Gasteiger partial charge in [0.25, 0.3) is 0 Å². The van der Waals surface area contributed by atoms with Crippen LogP contribution in [0.25, 0.3) is 0 Å². The van der Waals surface area contributed by atoms with Gasteiger partial charge in [-0.15, -0.1) is 0 Å². The number of unbranched alkanes of at least 4 members (excludes halogenated alkanes) is 8. The molecule has 0 rings (SSSR count). The van der Waals surface area contributed by atoms with Crippen molar-refractivity contribution in [2.45, 2.75) is 126 Å². The summed E-state index contributed by atoms with van der Waals surface area (Å²) in [5.74, 6) is 0. The van der Waals surface area contributed by atoms with Crippen LogP contribution in [-0.4, -0.2) is 13.6 Å². The zero-order chi connectivity index (χ0) is 15.8. The minimum atomic E-state index is -1.34. The molecule has 1 heteroatoms. The van der Waals surface area contributed by atoms with E-state index in [-0.39, 0.29) is 0 Å². The molecule has 0 unspecified atom stereocenters. The number of hydrogen-bond acceptors (Lipinski definition) is 0. The Hall–Kier alpha value is 0.558. The molecule has 0 fully saturated rings. The van der Waals surface area contributed by atoms with Crippen molar-refractivity contribution in [1.29, 1.82) is 0 Å². The summed E-state index contributed by atoms with van der Waals surface area (Å²) in [6.45, 7) is 9.44. The fourth-order valence-electron chi connectivity index (χ4n) is 3.46. The van der Waals surface area contributed by atoms with Gasteiger partial charge in [0.1, 0.15) is 0 Å². The zero-order valence-corrected chi connectivity index (χ0v) is 17.6. The first-order valence-electron chi connectivity index (χ1n) is 10.1. The van der Waals surface area contributed by atoms with Crippen LogP contribution in [0.15, 0.2) is 0 Å². The van der Waals surface area contributed by atoms with Gasteiger partial charge in [0, 0.05) is 0 Å². The van der Waals surface area contributed by atoms with E-state index in [1.165, 1.54) is 51.4 Å². The average Bonchev–Trinajstić information content (AvgIpc) is 2.48. The summed E-state index contributed by atoms with van der Waals surface area (Å²) in [5.41, 5.74) is 0. The van der Waals surface area contributed by atoms with Crippen molar-refractivity contribution in [3.63, 3.8) is 0 Å². The Kier molecular flexibility index (Phi) is 15.9. The molecule has 0 N–H and O–H groups in total. The SMILES string of the molecule is CCCCC[As+](CCCCC)(CCCCC)CCCCC. The van der Waals surface area contributed by atoms with Gasteiger partial charge in [-0.05, 0) is 0 Å². The van der Waals surface area contributed by atoms with Crippen LogP contribution in [0.3, 0.4) is 0 Å². The van der Waals surface area contributed by atoms with E-state index in [2.05, 4.69) is 27.7 Å².